The maximum absolute atomic E-state index is 10.8. The summed E-state index contributed by atoms with van der Waals surface area (Å²) in [5.41, 5.74) is 6.11. The highest BCUT2D eigenvalue weighted by Crippen LogP contribution is 2.19. The van der Waals surface area contributed by atoms with Crippen molar-refractivity contribution in [1.29, 1.82) is 0 Å². The fraction of sp³-hybridized carbons (Fsp3) is 0.444. The standard InChI is InChI=1S/C9H15N3O2S/c1-14-9-7(10)3-4-8(12-9)11-5-6-15(2)13/h3-4H,5-6,10H2,1-2H3,(H,11,12). The molecule has 0 saturated carbocycles. The van der Waals surface area contributed by atoms with Crippen molar-refractivity contribution in [2.45, 2.75) is 0 Å². The van der Waals surface area contributed by atoms with Gasteiger partial charge in [-0.3, -0.25) is 4.21 Å². The van der Waals surface area contributed by atoms with Gasteiger partial charge in [-0.25, -0.2) is 0 Å². The van der Waals surface area contributed by atoms with Gasteiger partial charge in [0.25, 0.3) is 0 Å². The summed E-state index contributed by atoms with van der Waals surface area (Å²) in [6.45, 7) is 0.614. The molecule has 0 aliphatic heterocycles. The van der Waals surface area contributed by atoms with Crippen LogP contribution in [0.3, 0.4) is 0 Å². The van der Waals surface area contributed by atoms with Crippen LogP contribution < -0.4 is 15.8 Å². The van der Waals surface area contributed by atoms with E-state index < -0.39 is 10.8 Å². The minimum atomic E-state index is -0.797. The average molecular weight is 229 g/mol. The number of hydrogen-bond acceptors (Lipinski definition) is 5. The quantitative estimate of drug-likeness (QED) is 0.767. The van der Waals surface area contributed by atoms with Crippen LogP contribution >= 0.6 is 0 Å². The molecule has 1 heterocycles. The fourth-order valence-electron chi connectivity index (χ4n) is 1.04. The van der Waals surface area contributed by atoms with Crippen molar-refractivity contribution >= 4 is 22.3 Å². The Balaban J connectivity index is 2.58. The van der Waals surface area contributed by atoms with Crippen molar-refractivity contribution in [3.8, 4) is 5.88 Å². The van der Waals surface area contributed by atoms with Gasteiger partial charge in [-0.05, 0) is 12.1 Å². The summed E-state index contributed by atoms with van der Waals surface area (Å²) in [6.07, 6.45) is 1.67. The molecule has 0 aromatic carbocycles. The fourth-order valence-corrected chi connectivity index (χ4v) is 1.43. The number of nitrogens with one attached hydrogen (secondary N) is 1. The summed E-state index contributed by atoms with van der Waals surface area (Å²) in [5.74, 6) is 1.66. The van der Waals surface area contributed by atoms with Crippen LogP contribution in [0, 0.1) is 0 Å². The highest BCUT2D eigenvalue weighted by molar-refractivity contribution is 7.84. The van der Waals surface area contributed by atoms with Gasteiger partial charge in [-0.1, -0.05) is 0 Å². The molecule has 1 rings (SSSR count). The Kier molecular flexibility index (Phi) is 4.36. The van der Waals surface area contributed by atoms with E-state index in [0.29, 0.717) is 29.7 Å². The minimum absolute atomic E-state index is 0.401. The molecule has 0 fully saturated rings. The van der Waals surface area contributed by atoms with Crippen LogP contribution in [0.25, 0.3) is 0 Å². The van der Waals surface area contributed by atoms with Crippen molar-refractivity contribution in [2.75, 3.05) is 36.7 Å². The molecule has 15 heavy (non-hydrogen) atoms. The number of aromatic nitrogens is 1. The average Bonchev–Trinajstić information content (AvgIpc) is 2.20. The summed E-state index contributed by atoms with van der Waals surface area (Å²) in [5, 5.41) is 3.04. The lowest BCUT2D eigenvalue weighted by molar-refractivity contribution is 0.401. The number of nitrogen functional groups attached to an aromatic ring is 1. The van der Waals surface area contributed by atoms with Gasteiger partial charge in [0.1, 0.15) is 5.82 Å². The third-order valence-electron chi connectivity index (χ3n) is 1.78. The molecule has 5 nitrogen and oxygen atoms in total. The van der Waals surface area contributed by atoms with Crippen LogP contribution in [0.4, 0.5) is 11.5 Å². The van der Waals surface area contributed by atoms with Gasteiger partial charge < -0.3 is 15.8 Å². The highest BCUT2D eigenvalue weighted by atomic mass is 32.2. The minimum Gasteiger partial charge on any atom is -0.479 e. The van der Waals surface area contributed by atoms with Gasteiger partial charge in [0.05, 0.1) is 12.8 Å². The van der Waals surface area contributed by atoms with Crippen LogP contribution in [-0.4, -0.2) is 34.9 Å². The molecule has 1 atom stereocenters. The molecule has 3 N–H and O–H groups in total. The first-order chi connectivity index (χ1) is 7.13. The van der Waals surface area contributed by atoms with E-state index in [2.05, 4.69) is 10.3 Å². The lowest BCUT2D eigenvalue weighted by Crippen LogP contribution is -2.11. The molecular weight excluding hydrogens is 214 g/mol. The van der Waals surface area contributed by atoms with Gasteiger partial charge in [0.2, 0.25) is 5.88 Å². The number of nitrogens with two attached hydrogens (primary N) is 1. The molecule has 1 aromatic rings. The maximum atomic E-state index is 10.8. The number of pyridine rings is 1. The number of anilines is 2. The second kappa shape index (κ2) is 5.55. The van der Waals surface area contributed by atoms with Crippen LogP contribution in [-0.2, 0) is 10.8 Å². The Bertz CT molecular complexity index is 357. The molecule has 84 valence electrons. The molecule has 0 bridgehead atoms. The van der Waals surface area contributed by atoms with E-state index >= 15 is 0 Å². The van der Waals surface area contributed by atoms with Crippen molar-refractivity contribution < 1.29 is 8.95 Å². The Morgan fingerprint density at radius 3 is 2.93 bits per heavy atom. The second-order valence-corrected chi connectivity index (χ2v) is 4.55. The predicted molar refractivity (Wildman–Crippen MR) is 62.6 cm³/mol. The van der Waals surface area contributed by atoms with E-state index in [4.69, 9.17) is 10.5 Å². The van der Waals surface area contributed by atoms with Gasteiger partial charge in [-0.15, -0.1) is 0 Å². The van der Waals surface area contributed by atoms with Crippen LogP contribution in [0.2, 0.25) is 0 Å². The van der Waals surface area contributed by atoms with Crippen molar-refractivity contribution in [3.05, 3.63) is 12.1 Å². The Morgan fingerprint density at radius 2 is 2.33 bits per heavy atom. The molecule has 0 saturated heterocycles. The molecule has 0 aliphatic rings. The predicted octanol–water partition coefficient (Wildman–Crippen LogP) is 0.463. The second-order valence-electron chi connectivity index (χ2n) is 3.00. The molecule has 0 aliphatic carbocycles. The zero-order valence-corrected chi connectivity index (χ0v) is 9.63. The lowest BCUT2D eigenvalue weighted by Gasteiger charge is -2.07. The number of nitrogens with zero attached hydrogens (tertiary/aromatic N) is 1. The Labute approximate surface area is 91.5 Å². The van der Waals surface area contributed by atoms with Crippen LogP contribution in [0.1, 0.15) is 0 Å². The van der Waals surface area contributed by atoms with E-state index in [0.717, 1.165) is 0 Å². The topological polar surface area (TPSA) is 77.2 Å². The monoisotopic (exact) mass is 229 g/mol. The van der Waals surface area contributed by atoms with Crippen LogP contribution in [0.5, 0.6) is 5.88 Å². The first kappa shape index (κ1) is 11.8. The molecule has 1 aromatic heterocycles. The first-order valence-electron chi connectivity index (χ1n) is 4.48. The molecular formula is C9H15N3O2S. The number of methoxy groups -OCH3 is 1. The Morgan fingerprint density at radius 1 is 1.60 bits per heavy atom. The van der Waals surface area contributed by atoms with Crippen molar-refractivity contribution in [1.82, 2.24) is 4.98 Å². The highest BCUT2D eigenvalue weighted by Gasteiger charge is 2.02. The zero-order valence-electron chi connectivity index (χ0n) is 8.82. The molecule has 1 unspecified atom stereocenters. The van der Waals surface area contributed by atoms with Crippen LogP contribution in [0.15, 0.2) is 12.1 Å². The SMILES string of the molecule is COc1nc(NCCS(C)=O)ccc1N. The third-order valence-corrected chi connectivity index (χ3v) is 2.56. The van der Waals surface area contributed by atoms with E-state index in [1.54, 1.807) is 18.4 Å². The lowest BCUT2D eigenvalue weighted by atomic mass is 10.4. The van der Waals surface area contributed by atoms with E-state index in [9.17, 15) is 4.21 Å². The van der Waals surface area contributed by atoms with E-state index in [1.165, 1.54) is 7.11 Å². The summed E-state index contributed by atoms with van der Waals surface area (Å²) in [4.78, 5) is 4.13. The van der Waals surface area contributed by atoms with E-state index in [-0.39, 0.29) is 0 Å². The van der Waals surface area contributed by atoms with Crippen molar-refractivity contribution in [2.24, 2.45) is 0 Å². The summed E-state index contributed by atoms with van der Waals surface area (Å²) in [7, 11) is 0.720. The summed E-state index contributed by atoms with van der Waals surface area (Å²) < 4.78 is 15.8. The molecule has 6 heteroatoms. The van der Waals surface area contributed by atoms with Gasteiger partial charge in [-0.2, -0.15) is 4.98 Å². The van der Waals surface area contributed by atoms with Gasteiger partial charge >= 0.3 is 0 Å². The normalized spacial score (nSPS) is 12.1. The Hall–Kier alpha value is -1.30. The zero-order chi connectivity index (χ0) is 11.3. The molecule has 0 spiro atoms. The number of ether oxygens (including phenoxy) is 1. The van der Waals surface area contributed by atoms with Gasteiger partial charge in [0, 0.05) is 29.4 Å². The summed E-state index contributed by atoms with van der Waals surface area (Å²) in [6, 6.07) is 3.48. The maximum Gasteiger partial charge on any atom is 0.238 e. The van der Waals surface area contributed by atoms with Crippen molar-refractivity contribution in [3.63, 3.8) is 0 Å². The summed E-state index contributed by atoms with van der Waals surface area (Å²) >= 11 is 0. The number of rotatable bonds is 5. The van der Waals surface area contributed by atoms with Gasteiger partial charge in [0.15, 0.2) is 0 Å². The smallest absolute Gasteiger partial charge is 0.238 e. The number of hydrogen-bond donors (Lipinski definition) is 2. The first-order valence-corrected chi connectivity index (χ1v) is 6.20. The van der Waals surface area contributed by atoms with E-state index in [1.807, 2.05) is 0 Å². The molecule has 0 radical (unpaired) electrons. The molecule has 0 amide bonds. The largest absolute Gasteiger partial charge is 0.479 e. The third kappa shape index (κ3) is 3.75.